The molecule has 3 atom stereocenters. The highest BCUT2D eigenvalue weighted by atomic mass is 16.1. The van der Waals surface area contributed by atoms with Crippen LogP contribution in [0.5, 0.6) is 0 Å². The normalized spacial score (nSPS) is 27.5. The third-order valence-electron chi connectivity index (χ3n) is 4.20. The number of benzene rings is 1. The Balaban J connectivity index is 1.57. The SMILES string of the molecule is CCC(=O)Nc1ccc(NC2CC3CC=CC32)cc1. The summed E-state index contributed by atoms with van der Waals surface area (Å²) in [5, 5.41) is 6.44. The number of carbonyl (C=O) groups excluding carboxylic acids is 1. The van der Waals surface area contributed by atoms with Crippen molar-refractivity contribution in [2.45, 2.75) is 32.2 Å². The Labute approximate surface area is 114 Å². The molecule has 3 rings (SSSR count). The Morgan fingerprint density at radius 2 is 2.00 bits per heavy atom. The number of rotatable bonds is 4. The molecule has 1 aromatic rings. The first-order valence-electron chi connectivity index (χ1n) is 7.09. The maximum Gasteiger partial charge on any atom is 0.224 e. The van der Waals surface area contributed by atoms with Crippen molar-refractivity contribution in [1.82, 2.24) is 0 Å². The van der Waals surface area contributed by atoms with Crippen LogP contribution in [0.3, 0.4) is 0 Å². The zero-order valence-electron chi connectivity index (χ0n) is 11.2. The lowest BCUT2D eigenvalue weighted by Crippen LogP contribution is -2.43. The molecule has 0 heterocycles. The van der Waals surface area contributed by atoms with Gasteiger partial charge in [0.2, 0.25) is 5.91 Å². The number of fused-ring (bicyclic) bond motifs is 1. The fraction of sp³-hybridized carbons (Fsp3) is 0.438. The molecular formula is C16H20N2O. The minimum absolute atomic E-state index is 0.0543. The van der Waals surface area contributed by atoms with Gasteiger partial charge in [0, 0.05) is 29.8 Å². The Bertz CT molecular complexity index is 492. The van der Waals surface area contributed by atoms with Crippen molar-refractivity contribution in [3.8, 4) is 0 Å². The Kier molecular flexibility index (Phi) is 3.28. The molecular weight excluding hydrogens is 236 g/mol. The van der Waals surface area contributed by atoms with E-state index in [2.05, 4.69) is 22.8 Å². The van der Waals surface area contributed by atoms with E-state index in [0.717, 1.165) is 23.2 Å². The van der Waals surface area contributed by atoms with Gasteiger partial charge in [-0.3, -0.25) is 4.79 Å². The first-order valence-corrected chi connectivity index (χ1v) is 7.09. The van der Waals surface area contributed by atoms with E-state index in [4.69, 9.17) is 0 Å². The minimum Gasteiger partial charge on any atom is -0.382 e. The second-order valence-corrected chi connectivity index (χ2v) is 5.47. The highest BCUT2D eigenvalue weighted by Gasteiger charge is 2.40. The van der Waals surface area contributed by atoms with Crippen molar-refractivity contribution >= 4 is 17.3 Å². The van der Waals surface area contributed by atoms with E-state index in [-0.39, 0.29) is 5.91 Å². The highest BCUT2D eigenvalue weighted by Crippen LogP contribution is 2.44. The predicted octanol–water partition coefficient (Wildman–Crippen LogP) is 3.41. The number of amides is 1. The van der Waals surface area contributed by atoms with Crippen LogP contribution in [0.4, 0.5) is 11.4 Å². The molecule has 0 saturated heterocycles. The highest BCUT2D eigenvalue weighted by molar-refractivity contribution is 5.90. The van der Waals surface area contributed by atoms with E-state index in [9.17, 15) is 4.79 Å². The summed E-state index contributed by atoms with van der Waals surface area (Å²) in [6.45, 7) is 1.85. The fourth-order valence-electron chi connectivity index (χ4n) is 3.00. The number of nitrogens with one attached hydrogen (secondary N) is 2. The van der Waals surface area contributed by atoms with E-state index in [1.165, 1.54) is 12.8 Å². The Hall–Kier alpha value is -1.77. The zero-order valence-corrected chi connectivity index (χ0v) is 11.2. The van der Waals surface area contributed by atoms with Gasteiger partial charge < -0.3 is 10.6 Å². The van der Waals surface area contributed by atoms with Gasteiger partial charge in [0.1, 0.15) is 0 Å². The van der Waals surface area contributed by atoms with E-state index in [0.29, 0.717) is 12.5 Å². The van der Waals surface area contributed by atoms with Crippen LogP contribution in [-0.2, 0) is 4.79 Å². The van der Waals surface area contributed by atoms with Gasteiger partial charge >= 0.3 is 0 Å². The predicted molar refractivity (Wildman–Crippen MR) is 78.1 cm³/mol. The summed E-state index contributed by atoms with van der Waals surface area (Å²) < 4.78 is 0. The summed E-state index contributed by atoms with van der Waals surface area (Å²) in [5.41, 5.74) is 2.00. The van der Waals surface area contributed by atoms with Crippen LogP contribution in [0, 0.1) is 11.8 Å². The Morgan fingerprint density at radius 3 is 2.68 bits per heavy atom. The minimum atomic E-state index is 0.0543. The monoisotopic (exact) mass is 256 g/mol. The average Bonchev–Trinajstić information content (AvgIpc) is 2.79. The molecule has 2 aliphatic carbocycles. The standard InChI is InChI=1S/C16H20N2O/c1-2-16(19)18-13-8-6-12(7-9-13)17-15-10-11-4-3-5-14(11)15/h3,5-9,11,14-15,17H,2,4,10H2,1H3,(H,18,19). The molecule has 2 aliphatic rings. The number of hydrogen-bond acceptors (Lipinski definition) is 2. The lowest BCUT2D eigenvalue weighted by atomic mass is 9.71. The fourth-order valence-corrected chi connectivity index (χ4v) is 3.00. The molecule has 3 nitrogen and oxygen atoms in total. The van der Waals surface area contributed by atoms with Crippen LogP contribution in [0.2, 0.25) is 0 Å². The molecule has 19 heavy (non-hydrogen) atoms. The van der Waals surface area contributed by atoms with Crippen LogP contribution < -0.4 is 10.6 Å². The van der Waals surface area contributed by atoms with Gasteiger partial charge in [-0.1, -0.05) is 19.1 Å². The zero-order chi connectivity index (χ0) is 13.2. The third kappa shape index (κ3) is 2.50. The van der Waals surface area contributed by atoms with Crippen molar-refractivity contribution in [3.05, 3.63) is 36.4 Å². The summed E-state index contributed by atoms with van der Waals surface area (Å²) >= 11 is 0. The smallest absolute Gasteiger partial charge is 0.224 e. The molecule has 0 bridgehead atoms. The molecule has 0 radical (unpaired) electrons. The lowest BCUT2D eigenvalue weighted by molar-refractivity contribution is -0.115. The van der Waals surface area contributed by atoms with Gasteiger partial charge in [0.25, 0.3) is 0 Å². The summed E-state index contributed by atoms with van der Waals surface area (Å²) in [4.78, 5) is 11.3. The van der Waals surface area contributed by atoms with Crippen molar-refractivity contribution in [3.63, 3.8) is 0 Å². The van der Waals surface area contributed by atoms with Crippen LogP contribution in [0.15, 0.2) is 36.4 Å². The van der Waals surface area contributed by atoms with Gasteiger partial charge in [0.05, 0.1) is 0 Å². The number of allylic oxidation sites excluding steroid dienone is 1. The molecule has 1 aromatic carbocycles. The van der Waals surface area contributed by atoms with E-state index in [1.807, 2.05) is 31.2 Å². The second-order valence-electron chi connectivity index (χ2n) is 5.47. The first-order chi connectivity index (χ1) is 9.26. The first kappa shape index (κ1) is 12.3. The summed E-state index contributed by atoms with van der Waals surface area (Å²) in [5.74, 6) is 1.65. The number of anilines is 2. The van der Waals surface area contributed by atoms with Gasteiger partial charge in [-0.25, -0.2) is 0 Å². The largest absolute Gasteiger partial charge is 0.382 e. The Morgan fingerprint density at radius 1 is 1.26 bits per heavy atom. The van der Waals surface area contributed by atoms with Crippen molar-refractivity contribution in [1.29, 1.82) is 0 Å². The maximum atomic E-state index is 11.3. The van der Waals surface area contributed by atoms with Crippen LogP contribution >= 0.6 is 0 Å². The van der Waals surface area contributed by atoms with Gasteiger partial charge in [-0.15, -0.1) is 0 Å². The van der Waals surface area contributed by atoms with Crippen molar-refractivity contribution in [2.75, 3.05) is 10.6 Å². The molecule has 0 aliphatic heterocycles. The summed E-state index contributed by atoms with van der Waals surface area (Å²) in [6, 6.07) is 8.57. The van der Waals surface area contributed by atoms with Gasteiger partial charge in [-0.05, 0) is 43.0 Å². The van der Waals surface area contributed by atoms with E-state index < -0.39 is 0 Å². The number of carbonyl (C=O) groups is 1. The molecule has 1 saturated carbocycles. The lowest BCUT2D eigenvalue weighted by Gasteiger charge is -2.41. The van der Waals surface area contributed by atoms with E-state index in [1.54, 1.807) is 0 Å². The molecule has 3 unspecified atom stereocenters. The molecule has 3 heteroatoms. The molecule has 1 amide bonds. The van der Waals surface area contributed by atoms with Gasteiger partial charge in [0.15, 0.2) is 0 Å². The van der Waals surface area contributed by atoms with Gasteiger partial charge in [-0.2, -0.15) is 0 Å². The number of hydrogen-bond donors (Lipinski definition) is 2. The average molecular weight is 256 g/mol. The molecule has 2 N–H and O–H groups in total. The molecule has 100 valence electrons. The van der Waals surface area contributed by atoms with Crippen LogP contribution in [0.25, 0.3) is 0 Å². The summed E-state index contributed by atoms with van der Waals surface area (Å²) in [7, 11) is 0. The third-order valence-corrected chi connectivity index (χ3v) is 4.20. The molecule has 0 spiro atoms. The van der Waals surface area contributed by atoms with Crippen LogP contribution in [0.1, 0.15) is 26.2 Å². The van der Waals surface area contributed by atoms with Crippen molar-refractivity contribution < 1.29 is 4.79 Å². The van der Waals surface area contributed by atoms with Crippen molar-refractivity contribution in [2.24, 2.45) is 11.8 Å². The van der Waals surface area contributed by atoms with Crippen LogP contribution in [-0.4, -0.2) is 11.9 Å². The quantitative estimate of drug-likeness (QED) is 0.810. The second kappa shape index (κ2) is 5.08. The maximum absolute atomic E-state index is 11.3. The molecule has 1 fully saturated rings. The summed E-state index contributed by atoms with van der Waals surface area (Å²) in [6.07, 6.45) is 7.69. The molecule has 0 aromatic heterocycles. The topological polar surface area (TPSA) is 41.1 Å². The van der Waals surface area contributed by atoms with E-state index >= 15 is 0 Å².